The van der Waals surface area contributed by atoms with Gasteiger partial charge in [-0.25, -0.2) is 0 Å². The first-order chi connectivity index (χ1) is 5.70. The molecular weight excluding hydrogens is 148 g/mol. The van der Waals surface area contributed by atoms with Crippen LogP contribution in [0, 0.1) is 0 Å². The topological polar surface area (TPSA) is 6.48 Å². The minimum absolute atomic E-state index is 0.818. The van der Waals surface area contributed by atoms with Crippen molar-refractivity contribution >= 4 is 0 Å². The van der Waals surface area contributed by atoms with Gasteiger partial charge in [-0.2, -0.15) is 0 Å². The van der Waals surface area contributed by atoms with Gasteiger partial charge in [0, 0.05) is 19.1 Å². The zero-order chi connectivity index (χ0) is 8.97. The van der Waals surface area contributed by atoms with Crippen LogP contribution < -0.4 is 0 Å². The van der Waals surface area contributed by atoms with Crippen molar-refractivity contribution in [2.45, 2.75) is 32.2 Å². The molecule has 1 atom stereocenters. The van der Waals surface area contributed by atoms with Crippen LogP contribution in [0.4, 0.5) is 0 Å². The molecule has 2 nitrogen and oxygen atoms in total. The monoisotopic (exact) mass is 170 g/mol. The van der Waals surface area contributed by atoms with E-state index in [0.29, 0.717) is 0 Å². The van der Waals surface area contributed by atoms with Crippen molar-refractivity contribution in [1.82, 2.24) is 9.80 Å². The second-order valence-corrected chi connectivity index (χ2v) is 4.18. The Kier molecular flexibility index (Phi) is 4.02. The molecule has 0 aromatic heterocycles. The smallest absolute Gasteiger partial charge is 0.0112 e. The van der Waals surface area contributed by atoms with Crippen LogP contribution in [-0.4, -0.2) is 49.6 Å². The zero-order valence-corrected chi connectivity index (χ0v) is 8.71. The SMILES string of the molecule is C[C@H]1CCCCN1CCN(C)C. The van der Waals surface area contributed by atoms with Gasteiger partial charge < -0.3 is 4.90 Å². The molecule has 0 amide bonds. The first-order valence-electron chi connectivity index (χ1n) is 5.09. The maximum absolute atomic E-state index is 2.61. The van der Waals surface area contributed by atoms with Gasteiger partial charge in [-0.3, -0.25) is 4.90 Å². The molecule has 0 bridgehead atoms. The van der Waals surface area contributed by atoms with Gasteiger partial charge in [0.25, 0.3) is 0 Å². The second-order valence-electron chi connectivity index (χ2n) is 4.18. The molecule has 0 spiro atoms. The highest BCUT2D eigenvalue weighted by Gasteiger charge is 2.17. The quantitative estimate of drug-likeness (QED) is 0.632. The molecule has 2 heteroatoms. The third-order valence-electron chi connectivity index (χ3n) is 2.78. The summed E-state index contributed by atoms with van der Waals surface area (Å²) in [5, 5.41) is 0. The molecule has 0 aromatic carbocycles. The predicted molar refractivity (Wildman–Crippen MR) is 53.4 cm³/mol. The Hall–Kier alpha value is -0.0800. The molecule has 0 aliphatic carbocycles. The Balaban J connectivity index is 2.20. The summed E-state index contributed by atoms with van der Waals surface area (Å²) in [6, 6.07) is 0.818. The van der Waals surface area contributed by atoms with Crippen LogP contribution in [0.25, 0.3) is 0 Å². The molecule has 0 saturated carbocycles. The van der Waals surface area contributed by atoms with Gasteiger partial charge in [0.15, 0.2) is 0 Å². The van der Waals surface area contributed by atoms with E-state index in [-0.39, 0.29) is 0 Å². The van der Waals surface area contributed by atoms with Crippen LogP contribution in [0.3, 0.4) is 0 Å². The van der Waals surface area contributed by atoms with E-state index in [1.165, 1.54) is 38.9 Å². The molecule has 12 heavy (non-hydrogen) atoms. The fraction of sp³-hybridized carbons (Fsp3) is 1.00. The zero-order valence-electron chi connectivity index (χ0n) is 8.71. The summed E-state index contributed by atoms with van der Waals surface area (Å²) in [7, 11) is 4.29. The number of hydrogen-bond donors (Lipinski definition) is 0. The fourth-order valence-electron chi connectivity index (χ4n) is 1.82. The van der Waals surface area contributed by atoms with Crippen LogP contribution in [0.1, 0.15) is 26.2 Å². The van der Waals surface area contributed by atoms with Crippen molar-refractivity contribution in [3.8, 4) is 0 Å². The van der Waals surface area contributed by atoms with Crippen LogP contribution in [0.15, 0.2) is 0 Å². The Labute approximate surface area is 76.5 Å². The minimum atomic E-state index is 0.818. The number of nitrogens with zero attached hydrogens (tertiary/aromatic N) is 2. The lowest BCUT2D eigenvalue weighted by Crippen LogP contribution is -2.41. The number of rotatable bonds is 3. The van der Waals surface area contributed by atoms with Crippen LogP contribution >= 0.6 is 0 Å². The van der Waals surface area contributed by atoms with E-state index in [1.807, 2.05) is 0 Å². The molecule has 0 radical (unpaired) electrons. The Bertz CT molecular complexity index is 123. The van der Waals surface area contributed by atoms with Crippen molar-refractivity contribution in [3.05, 3.63) is 0 Å². The fourth-order valence-corrected chi connectivity index (χ4v) is 1.82. The molecule has 0 aromatic rings. The van der Waals surface area contributed by atoms with E-state index < -0.39 is 0 Å². The first kappa shape index (κ1) is 10.0. The van der Waals surface area contributed by atoms with Gasteiger partial charge in [0.1, 0.15) is 0 Å². The summed E-state index contributed by atoms with van der Waals surface area (Å²) in [6.07, 6.45) is 4.23. The average Bonchev–Trinajstić information content (AvgIpc) is 2.03. The van der Waals surface area contributed by atoms with E-state index in [1.54, 1.807) is 0 Å². The Morgan fingerprint density at radius 1 is 1.33 bits per heavy atom. The number of likely N-dealkylation sites (tertiary alicyclic amines) is 1. The highest BCUT2D eigenvalue weighted by atomic mass is 15.2. The van der Waals surface area contributed by atoms with Crippen LogP contribution in [-0.2, 0) is 0 Å². The largest absolute Gasteiger partial charge is 0.308 e. The molecule has 1 aliphatic heterocycles. The van der Waals surface area contributed by atoms with Gasteiger partial charge in [0.05, 0.1) is 0 Å². The summed E-state index contributed by atoms with van der Waals surface area (Å²) in [5.74, 6) is 0. The number of hydrogen-bond acceptors (Lipinski definition) is 2. The van der Waals surface area contributed by atoms with Crippen molar-refractivity contribution in [2.24, 2.45) is 0 Å². The second kappa shape index (κ2) is 4.83. The normalized spacial score (nSPS) is 26.5. The number of piperidine rings is 1. The van der Waals surface area contributed by atoms with E-state index >= 15 is 0 Å². The number of likely N-dealkylation sites (N-methyl/N-ethyl adjacent to an activating group) is 1. The third-order valence-corrected chi connectivity index (χ3v) is 2.78. The van der Waals surface area contributed by atoms with E-state index in [2.05, 4.69) is 30.8 Å². The van der Waals surface area contributed by atoms with Crippen LogP contribution in [0.5, 0.6) is 0 Å². The summed E-state index contributed by atoms with van der Waals surface area (Å²) >= 11 is 0. The van der Waals surface area contributed by atoms with Gasteiger partial charge >= 0.3 is 0 Å². The molecule has 1 fully saturated rings. The van der Waals surface area contributed by atoms with Crippen molar-refractivity contribution in [2.75, 3.05) is 33.7 Å². The summed E-state index contributed by atoms with van der Waals surface area (Å²) in [6.45, 7) is 6.11. The van der Waals surface area contributed by atoms with E-state index in [9.17, 15) is 0 Å². The predicted octanol–water partition coefficient (Wildman–Crippen LogP) is 1.42. The van der Waals surface area contributed by atoms with Crippen molar-refractivity contribution in [1.29, 1.82) is 0 Å². The molecule has 1 rings (SSSR count). The van der Waals surface area contributed by atoms with Crippen molar-refractivity contribution in [3.63, 3.8) is 0 Å². The standard InChI is InChI=1S/C10H22N2/c1-10-6-4-5-7-12(10)9-8-11(2)3/h10H,4-9H2,1-3H3/t10-/m0/s1. The maximum Gasteiger partial charge on any atom is 0.0112 e. The first-order valence-corrected chi connectivity index (χ1v) is 5.09. The maximum atomic E-state index is 2.61. The Morgan fingerprint density at radius 2 is 2.08 bits per heavy atom. The molecule has 72 valence electrons. The molecule has 1 heterocycles. The van der Waals surface area contributed by atoms with Gasteiger partial charge in [0.2, 0.25) is 0 Å². The molecular formula is C10H22N2. The summed E-state index contributed by atoms with van der Waals surface area (Å²) in [5.41, 5.74) is 0. The molecule has 1 aliphatic rings. The lowest BCUT2D eigenvalue weighted by atomic mass is 10.0. The van der Waals surface area contributed by atoms with E-state index in [4.69, 9.17) is 0 Å². The lowest BCUT2D eigenvalue weighted by molar-refractivity contribution is 0.148. The molecule has 0 N–H and O–H groups in total. The molecule has 0 unspecified atom stereocenters. The highest BCUT2D eigenvalue weighted by Crippen LogP contribution is 2.15. The van der Waals surface area contributed by atoms with Gasteiger partial charge in [-0.15, -0.1) is 0 Å². The molecule has 1 saturated heterocycles. The van der Waals surface area contributed by atoms with Gasteiger partial charge in [-0.05, 0) is 40.4 Å². The highest BCUT2D eigenvalue weighted by molar-refractivity contribution is 4.73. The lowest BCUT2D eigenvalue weighted by Gasteiger charge is -2.33. The van der Waals surface area contributed by atoms with Crippen LogP contribution in [0.2, 0.25) is 0 Å². The average molecular weight is 170 g/mol. The third kappa shape index (κ3) is 3.11. The summed E-state index contributed by atoms with van der Waals surface area (Å²) < 4.78 is 0. The van der Waals surface area contributed by atoms with Crippen molar-refractivity contribution < 1.29 is 0 Å². The van der Waals surface area contributed by atoms with Gasteiger partial charge in [-0.1, -0.05) is 6.42 Å². The summed E-state index contributed by atoms with van der Waals surface area (Å²) in [4.78, 5) is 4.88. The minimum Gasteiger partial charge on any atom is -0.308 e. The van der Waals surface area contributed by atoms with E-state index in [0.717, 1.165) is 6.04 Å². The Morgan fingerprint density at radius 3 is 2.67 bits per heavy atom.